The molecule has 15 heavy (non-hydrogen) atoms. The molecule has 0 bridgehead atoms. The molecule has 0 saturated heterocycles. The molecule has 0 atom stereocenters. The van der Waals surface area contributed by atoms with Crippen molar-refractivity contribution in [3.8, 4) is 0 Å². The van der Waals surface area contributed by atoms with Crippen LogP contribution in [0.15, 0.2) is 47.6 Å². The summed E-state index contributed by atoms with van der Waals surface area (Å²) in [5, 5.41) is 0. The Hall–Kier alpha value is -1.04. The highest BCUT2D eigenvalue weighted by atomic mass is 13.9. The van der Waals surface area contributed by atoms with Gasteiger partial charge in [-0.25, -0.2) is 0 Å². The maximum Gasteiger partial charge on any atom is -0.0141 e. The molecular weight excluding hydrogens is 180 g/mol. The Labute approximate surface area is 95.1 Å². The van der Waals surface area contributed by atoms with Crippen LogP contribution in [0, 0.1) is 0 Å². The average molecular weight is 204 g/mol. The van der Waals surface area contributed by atoms with Gasteiger partial charge in [-0.1, -0.05) is 47.6 Å². The SMILES string of the molecule is C=C(C)C/C=C/C=C(\C)CCC=C(C)C. The Morgan fingerprint density at radius 1 is 1.13 bits per heavy atom. The summed E-state index contributed by atoms with van der Waals surface area (Å²) in [4.78, 5) is 0. The summed E-state index contributed by atoms with van der Waals surface area (Å²) in [5.74, 6) is 0. The van der Waals surface area contributed by atoms with E-state index in [0.717, 1.165) is 19.3 Å². The molecule has 0 nitrogen and oxygen atoms in total. The minimum absolute atomic E-state index is 0.984. The maximum absolute atomic E-state index is 3.86. The van der Waals surface area contributed by atoms with E-state index in [1.807, 2.05) is 0 Å². The lowest BCUT2D eigenvalue weighted by Crippen LogP contribution is -1.76. The van der Waals surface area contributed by atoms with Crippen molar-refractivity contribution in [3.05, 3.63) is 47.6 Å². The summed E-state index contributed by atoms with van der Waals surface area (Å²) < 4.78 is 0. The normalized spacial score (nSPS) is 11.9. The third-order valence-electron chi connectivity index (χ3n) is 2.07. The van der Waals surface area contributed by atoms with Crippen molar-refractivity contribution in [3.63, 3.8) is 0 Å². The number of hydrogen-bond acceptors (Lipinski definition) is 0. The zero-order chi connectivity index (χ0) is 11.7. The Bertz CT molecular complexity index is 270. The van der Waals surface area contributed by atoms with E-state index in [4.69, 9.17) is 0 Å². The molecule has 0 fully saturated rings. The first-order valence-corrected chi connectivity index (χ1v) is 5.62. The van der Waals surface area contributed by atoms with E-state index >= 15 is 0 Å². The van der Waals surface area contributed by atoms with Gasteiger partial charge in [0.25, 0.3) is 0 Å². The molecule has 0 aromatic rings. The minimum atomic E-state index is 0.984. The first-order chi connectivity index (χ1) is 7.02. The highest BCUT2D eigenvalue weighted by Gasteiger charge is 1.86. The third-order valence-corrected chi connectivity index (χ3v) is 2.07. The van der Waals surface area contributed by atoms with Gasteiger partial charge in [-0.2, -0.15) is 0 Å². The van der Waals surface area contributed by atoms with Crippen LogP contribution in [-0.4, -0.2) is 0 Å². The van der Waals surface area contributed by atoms with Crippen LogP contribution in [0.3, 0.4) is 0 Å². The van der Waals surface area contributed by atoms with Gasteiger partial charge in [-0.15, -0.1) is 0 Å². The Kier molecular flexibility index (Phi) is 7.71. The lowest BCUT2D eigenvalue weighted by molar-refractivity contribution is 0.967. The van der Waals surface area contributed by atoms with Crippen molar-refractivity contribution in [1.82, 2.24) is 0 Å². The van der Waals surface area contributed by atoms with Crippen LogP contribution >= 0.6 is 0 Å². The second kappa shape index (κ2) is 8.28. The average Bonchev–Trinajstić information content (AvgIpc) is 2.11. The van der Waals surface area contributed by atoms with Crippen molar-refractivity contribution in [1.29, 1.82) is 0 Å². The molecule has 84 valence electrons. The molecule has 0 aromatic heterocycles. The van der Waals surface area contributed by atoms with Gasteiger partial charge in [0.15, 0.2) is 0 Å². The first kappa shape index (κ1) is 14.0. The van der Waals surface area contributed by atoms with Gasteiger partial charge >= 0.3 is 0 Å². The van der Waals surface area contributed by atoms with Gasteiger partial charge < -0.3 is 0 Å². The number of allylic oxidation sites excluding steroid dienone is 7. The van der Waals surface area contributed by atoms with E-state index in [1.54, 1.807) is 0 Å². The van der Waals surface area contributed by atoms with E-state index in [2.05, 4.69) is 58.6 Å². The molecule has 0 rings (SSSR count). The Balaban J connectivity index is 3.84. The molecule has 0 spiro atoms. The Morgan fingerprint density at radius 3 is 2.33 bits per heavy atom. The summed E-state index contributed by atoms with van der Waals surface area (Å²) >= 11 is 0. The van der Waals surface area contributed by atoms with Gasteiger partial charge in [0.2, 0.25) is 0 Å². The van der Waals surface area contributed by atoms with Gasteiger partial charge in [-0.3, -0.25) is 0 Å². The summed E-state index contributed by atoms with van der Waals surface area (Å²) in [5.41, 5.74) is 4.05. The number of hydrogen-bond donors (Lipinski definition) is 0. The fraction of sp³-hybridized carbons (Fsp3) is 0.467. The predicted molar refractivity (Wildman–Crippen MR) is 71.0 cm³/mol. The lowest BCUT2D eigenvalue weighted by Gasteiger charge is -1.96. The summed E-state index contributed by atoms with van der Waals surface area (Å²) in [6.45, 7) is 12.4. The molecule has 0 amide bonds. The fourth-order valence-corrected chi connectivity index (χ4v) is 1.17. The van der Waals surface area contributed by atoms with E-state index < -0.39 is 0 Å². The molecule has 0 aliphatic heterocycles. The van der Waals surface area contributed by atoms with Crippen molar-refractivity contribution in [2.45, 2.75) is 47.0 Å². The molecule has 0 aliphatic carbocycles. The van der Waals surface area contributed by atoms with Crippen LogP contribution in [0.1, 0.15) is 47.0 Å². The molecule has 0 heterocycles. The zero-order valence-electron chi connectivity index (χ0n) is 10.6. The van der Waals surface area contributed by atoms with Crippen LogP contribution in [-0.2, 0) is 0 Å². The van der Waals surface area contributed by atoms with E-state index in [-0.39, 0.29) is 0 Å². The van der Waals surface area contributed by atoms with Gasteiger partial charge in [-0.05, 0) is 47.0 Å². The quantitative estimate of drug-likeness (QED) is 0.412. The third kappa shape index (κ3) is 10.9. The van der Waals surface area contributed by atoms with Crippen molar-refractivity contribution >= 4 is 0 Å². The summed E-state index contributed by atoms with van der Waals surface area (Å²) in [7, 11) is 0. The van der Waals surface area contributed by atoms with Crippen LogP contribution in [0.5, 0.6) is 0 Å². The summed E-state index contributed by atoms with van der Waals surface area (Å²) in [6.07, 6.45) is 12.1. The second-order valence-corrected chi connectivity index (χ2v) is 4.42. The van der Waals surface area contributed by atoms with Crippen molar-refractivity contribution in [2.24, 2.45) is 0 Å². The largest absolute Gasteiger partial charge is 0.0998 e. The molecule has 0 N–H and O–H groups in total. The van der Waals surface area contributed by atoms with Gasteiger partial charge in [0.1, 0.15) is 0 Å². The molecule has 0 saturated carbocycles. The highest BCUT2D eigenvalue weighted by molar-refractivity contribution is 5.13. The Morgan fingerprint density at radius 2 is 1.80 bits per heavy atom. The van der Waals surface area contributed by atoms with E-state index in [0.29, 0.717) is 0 Å². The van der Waals surface area contributed by atoms with Crippen LogP contribution in [0.2, 0.25) is 0 Å². The topological polar surface area (TPSA) is 0 Å². The lowest BCUT2D eigenvalue weighted by atomic mass is 10.1. The van der Waals surface area contributed by atoms with E-state index in [9.17, 15) is 0 Å². The highest BCUT2D eigenvalue weighted by Crippen LogP contribution is 2.07. The van der Waals surface area contributed by atoms with Crippen molar-refractivity contribution < 1.29 is 0 Å². The second-order valence-electron chi connectivity index (χ2n) is 4.42. The monoisotopic (exact) mass is 204 g/mol. The van der Waals surface area contributed by atoms with Crippen LogP contribution in [0.25, 0.3) is 0 Å². The van der Waals surface area contributed by atoms with Crippen molar-refractivity contribution in [2.75, 3.05) is 0 Å². The molecule has 0 radical (unpaired) electrons. The first-order valence-electron chi connectivity index (χ1n) is 5.62. The molecule has 0 unspecified atom stereocenters. The van der Waals surface area contributed by atoms with Crippen LogP contribution < -0.4 is 0 Å². The molecule has 0 aromatic carbocycles. The van der Waals surface area contributed by atoms with Crippen LogP contribution in [0.4, 0.5) is 0 Å². The fourth-order valence-electron chi connectivity index (χ4n) is 1.17. The van der Waals surface area contributed by atoms with Gasteiger partial charge in [0, 0.05) is 0 Å². The molecule has 0 heteroatoms. The maximum atomic E-state index is 3.86. The van der Waals surface area contributed by atoms with Gasteiger partial charge in [0.05, 0.1) is 0 Å². The molecule has 0 aliphatic rings. The standard InChI is InChI=1S/C15H24/c1-13(2)9-6-7-11-15(5)12-8-10-14(3)4/h6-7,10-11H,1,8-9,12H2,2-5H3/b7-6+,15-11+. The number of rotatable bonds is 6. The smallest absolute Gasteiger partial charge is 0.0141 e. The van der Waals surface area contributed by atoms with E-state index in [1.165, 1.54) is 16.7 Å². The molecular formula is C15H24. The predicted octanol–water partition coefficient (Wildman–Crippen LogP) is 5.20. The summed E-state index contributed by atoms with van der Waals surface area (Å²) in [6, 6.07) is 0. The zero-order valence-corrected chi connectivity index (χ0v) is 10.6. The minimum Gasteiger partial charge on any atom is -0.0998 e.